The lowest BCUT2D eigenvalue weighted by Crippen LogP contribution is -2.40. The van der Waals surface area contributed by atoms with E-state index in [1.54, 1.807) is 52.9 Å². The van der Waals surface area contributed by atoms with Crippen molar-refractivity contribution in [1.29, 1.82) is 0 Å². The van der Waals surface area contributed by atoms with Crippen LogP contribution in [0.2, 0.25) is 0 Å². The molecule has 0 spiro atoms. The number of pyridine rings is 1. The van der Waals surface area contributed by atoms with Gasteiger partial charge in [-0.1, -0.05) is 0 Å². The van der Waals surface area contributed by atoms with E-state index in [-0.39, 0.29) is 13.2 Å². The predicted octanol–water partition coefficient (Wildman–Crippen LogP) is 1.66. The number of hydrogen-bond acceptors (Lipinski definition) is 7. The van der Waals surface area contributed by atoms with Crippen LogP contribution in [0.15, 0.2) is 24.5 Å². The highest BCUT2D eigenvalue weighted by Crippen LogP contribution is 2.18. The van der Waals surface area contributed by atoms with E-state index in [9.17, 15) is 14.4 Å². The van der Waals surface area contributed by atoms with Gasteiger partial charge in [-0.25, -0.2) is 9.31 Å². The third kappa shape index (κ3) is 6.66. The molecule has 2 aromatic heterocycles. The Balaban J connectivity index is 1.87. The number of fused-ring (bicyclic) bond motifs is 1. The summed E-state index contributed by atoms with van der Waals surface area (Å²) >= 11 is 0. The van der Waals surface area contributed by atoms with Crippen molar-refractivity contribution in [2.75, 3.05) is 13.2 Å². The van der Waals surface area contributed by atoms with Crippen molar-refractivity contribution in [3.63, 3.8) is 0 Å². The zero-order chi connectivity index (χ0) is 21.8. The lowest BCUT2D eigenvalue weighted by molar-refractivity contribution is -0.157. The number of nitrogens with one attached hydrogen (secondary N) is 1. The molecular weight excluding hydrogens is 380 g/mol. The lowest BCUT2D eigenvalue weighted by atomic mass is 10.1. The van der Waals surface area contributed by atoms with Gasteiger partial charge in [-0.3, -0.25) is 9.59 Å². The molecule has 0 radical (unpaired) electrons. The van der Waals surface area contributed by atoms with Gasteiger partial charge in [0.1, 0.15) is 30.1 Å². The SMILES string of the molecule is CC(C)(C)OC(=O)NCC(=O)OC(C)(C)COc1ccc2c(C(N)=O)cnn2c1. The highest BCUT2D eigenvalue weighted by atomic mass is 16.6. The maximum absolute atomic E-state index is 12.0. The second kappa shape index (κ2) is 8.38. The molecule has 0 aliphatic heterocycles. The van der Waals surface area contributed by atoms with Gasteiger partial charge in [0.15, 0.2) is 0 Å². The van der Waals surface area contributed by atoms with E-state index in [1.165, 1.54) is 10.7 Å². The van der Waals surface area contributed by atoms with Crippen LogP contribution in [0.25, 0.3) is 5.52 Å². The molecule has 0 aliphatic rings. The van der Waals surface area contributed by atoms with Gasteiger partial charge in [-0.05, 0) is 46.8 Å². The number of aromatic nitrogens is 2. The summed E-state index contributed by atoms with van der Waals surface area (Å²) in [6, 6.07) is 3.32. The smallest absolute Gasteiger partial charge is 0.408 e. The molecule has 10 nitrogen and oxygen atoms in total. The number of carbonyl (C=O) groups excluding carboxylic acids is 3. The van der Waals surface area contributed by atoms with Gasteiger partial charge in [0.05, 0.1) is 23.5 Å². The fraction of sp³-hybridized carbons (Fsp3) is 0.474. The summed E-state index contributed by atoms with van der Waals surface area (Å²) in [5.74, 6) is -0.729. The Morgan fingerprint density at radius 2 is 1.83 bits per heavy atom. The van der Waals surface area contributed by atoms with Crippen molar-refractivity contribution >= 4 is 23.5 Å². The zero-order valence-electron chi connectivity index (χ0n) is 17.1. The highest BCUT2D eigenvalue weighted by Gasteiger charge is 2.25. The highest BCUT2D eigenvalue weighted by molar-refractivity contribution is 5.99. The molecule has 0 aliphatic carbocycles. The summed E-state index contributed by atoms with van der Waals surface area (Å²) in [7, 11) is 0. The maximum atomic E-state index is 12.0. The summed E-state index contributed by atoms with van der Waals surface area (Å²) in [6.45, 7) is 8.25. The van der Waals surface area contributed by atoms with E-state index >= 15 is 0 Å². The van der Waals surface area contributed by atoms with E-state index in [0.717, 1.165) is 0 Å². The average molecular weight is 406 g/mol. The molecule has 158 valence electrons. The maximum Gasteiger partial charge on any atom is 0.408 e. The monoisotopic (exact) mass is 406 g/mol. The fourth-order valence-corrected chi connectivity index (χ4v) is 2.33. The van der Waals surface area contributed by atoms with Gasteiger partial charge in [-0.2, -0.15) is 5.10 Å². The van der Waals surface area contributed by atoms with Gasteiger partial charge < -0.3 is 25.3 Å². The molecular formula is C19H26N4O6. The molecule has 2 heterocycles. The minimum absolute atomic E-state index is 0.0562. The van der Waals surface area contributed by atoms with E-state index < -0.39 is 29.2 Å². The van der Waals surface area contributed by atoms with Gasteiger partial charge in [-0.15, -0.1) is 0 Å². The average Bonchev–Trinajstić information content (AvgIpc) is 3.00. The Morgan fingerprint density at radius 3 is 2.45 bits per heavy atom. The Bertz CT molecular complexity index is 913. The summed E-state index contributed by atoms with van der Waals surface area (Å²) in [6.07, 6.45) is 2.26. The molecule has 0 saturated heterocycles. The van der Waals surface area contributed by atoms with Gasteiger partial charge in [0.25, 0.3) is 5.91 Å². The molecule has 3 N–H and O–H groups in total. The Kier molecular flexibility index (Phi) is 6.35. The number of carbonyl (C=O) groups is 3. The minimum Gasteiger partial charge on any atom is -0.488 e. The molecule has 2 rings (SSSR count). The van der Waals surface area contributed by atoms with Crippen LogP contribution in [0.5, 0.6) is 5.75 Å². The van der Waals surface area contributed by atoms with Crippen LogP contribution in [-0.2, 0) is 14.3 Å². The Hall–Kier alpha value is -3.30. The van der Waals surface area contributed by atoms with Crippen molar-refractivity contribution < 1.29 is 28.6 Å². The number of ether oxygens (including phenoxy) is 3. The first kappa shape index (κ1) is 22.0. The topological polar surface area (TPSA) is 134 Å². The molecule has 0 aromatic carbocycles. The number of nitrogens with zero attached hydrogens (tertiary/aromatic N) is 2. The molecule has 0 bridgehead atoms. The van der Waals surface area contributed by atoms with Crippen LogP contribution >= 0.6 is 0 Å². The van der Waals surface area contributed by atoms with E-state index in [1.807, 2.05) is 0 Å². The molecule has 29 heavy (non-hydrogen) atoms. The molecule has 2 amide bonds. The van der Waals surface area contributed by atoms with Crippen molar-refractivity contribution in [1.82, 2.24) is 14.9 Å². The summed E-state index contributed by atoms with van der Waals surface area (Å²) < 4.78 is 17.5. The molecule has 0 saturated carbocycles. The van der Waals surface area contributed by atoms with Crippen molar-refractivity contribution in [2.24, 2.45) is 5.73 Å². The van der Waals surface area contributed by atoms with E-state index in [2.05, 4.69) is 10.4 Å². The normalized spacial score (nSPS) is 11.8. The number of amides is 2. The molecule has 0 unspecified atom stereocenters. The van der Waals surface area contributed by atoms with Gasteiger partial charge in [0.2, 0.25) is 0 Å². The molecule has 0 fully saturated rings. The quantitative estimate of drug-likeness (QED) is 0.668. The third-order valence-corrected chi connectivity index (χ3v) is 3.51. The van der Waals surface area contributed by atoms with Crippen LogP contribution < -0.4 is 15.8 Å². The standard InChI is InChI=1S/C19H26N4O6/c1-18(2,3)29-17(26)21-9-15(24)28-19(4,5)11-27-12-6-7-14-13(16(20)25)8-22-23(14)10-12/h6-8,10H,9,11H2,1-5H3,(H2,20,25)(H,21,26). The lowest BCUT2D eigenvalue weighted by Gasteiger charge is -2.25. The number of alkyl carbamates (subject to hydrolysis) is 1. The van der Waals surface area contributed by atoms with E-state index in [0.29, 0.717) is 16.8 Å². The number of primary amides is 1. The second-order valence-corrected chi connectivity index (χ2v) is 7.99. The number of hydrogen-bond donors (Lipinski definition) is 2. The summed E-state index contributed by atoms with van der Waals surface area (Å²) in [4.78, 5) is 34.9. The van der Waals surface area contributed by atoms with Crippen LogP contribution in [0.1, 0.15) is 45.0 Å². The van der Waals surface area contributed by atoms with Crippen molar-refractivity contribution in [3.05, 3.63) is 30.1 Å². The zero-order valence-corrected chi connectivity index (χ0v) is 17.1. The molecule has 10 heteroatoms. The van der Waals surface area contributed by atoms with Crippen molar-refractivity contribution in [3.8, 4) is 5.75 Å². The third-order valence-electron chi connectivity index (χ3n) is 3.51. The van der Waals surface area contributed by atoms with Crippen LogP contribution in [0.3, 0.4) is 0 Å². The number of esters is 1. The molecule has 0 atom stereocenters. The first-order valence-corrected chi connectivity index (χ1v) is 8.95. The van der Waals surface area contributed by atoms with Gasteiger partial charge in [0, 0.05) is 0 Å². The minimum atomic E-state index is -0.954. The van der Waals surface area contributed by atoms with Crippen LogP contribution in [0, 0.1) is 0 Å². The predicted molar refractivity (Wildman–Crippen MR) is 104 cm³/mol. The summed E-state index contributed by atoms with van der Waals surface area (Å²) in [5.41, 5.74) is 4.55. The number of nitrogens with two attached hydrogens (primary N) is 1. The van der Waals surface area contributed by atoms with Gasteiger partial charge >= 0.3 is 12.1 Å². The van der Waals surface area contributed by atoms with Crippen LogP contribution in [0.4, 0.5) is 4.79 Å². The number of rotatable bonds is 7. The Labute approximate surface area is 168 Å². The van der Waals surface area contributed by atoms with E-state index in [4.69, 9.17) is 19.9 Å². The first-order valence-electron chi connectivity index (χ1n) is 8.95. The second-order valence-electron chi connectivity index (χ2n) is 7.99. The Morgan fingerprint density at radius 1 is 1.14 bits per heavy atom. The summed E-state index contributed by atoms with van der Waals surface area (Å²) in [5, 5.41) is 6.40. The fourth-order valence-electron chi connectivity index (χ4n) is 2.33. The molecule has 2 aromatic rings. The van der Waals surface area contributed by atoms with Crippen LogP contribution in [-0.4, -0.2) is 51.9 Å². The van der Waals surface area contributed by atoms with Crippen molar-refractivity contribution in [2.45, 2.75) is 45.8 Å². The largest absolute Gasteiger partial charge is 0.488 e. The first-order chi connectivity index (χ1) is 13.4.